The lowest BCUT2D eigenvalue weighted by molar-refractivity contribution is -0.147. The molecule has 10 heteroatoms. The van der Waals surface area contributed by atoms with Gasteiger partial charge in [0.05, 0.1) is 0 Å². The molecule has 2 aromatic carbocycles. The van der Waals surface area contributed by atoms with Gasteiger partial charge >= 0.3 is 11.9 Å². The number of esters is 2. The molecule has 2 heterocycles. The molecule has 0 aliphatic heterocycles. The number of carbonyl (C=O) groups is 2. The molecule has 0 saturated carbocycles. The van der Waals surface area contributed by atoms with E-state index in [1.807, 2.05) is 80.2 Å². The molecule has 4 aromatic rings. The number of aromatic nitrogens is 4. The molecule has 0 N–H and O–H groups in total. The first-order valence-electron chi connectivity index (χ1n) is 21.3. The van der Waals surface area contributed by atoms with Gasteiger partial charge in [-0.15, -0.1) is 0 Å². The van der Waals surface area contributed by atoms with Crippen LogP contribution in [0.15, 0.2) is 73.3 Å². The maximum atomic E-state index is 12.3. The van der Waals surface area contributed by atoms with Crippen molar-refractivity contribution in [3.05, 3.63) is 84.4 Å². The minimum Gasteiger partial charge on any atom is -0.490 e. The summed E-state index contributed by atoms with van der Waals surface area (Å²) in [5.74, 6) is 2.05. The van der Waals surface area contributed by atoms with E-state index in [4.69, 9.17) is 18.9 Å². The number of nitrogens with zero attached hydrogens (tertiary/aromatic N) is 4. The Morgan fingerprint density at radius 3 is 1.37 bits per heavy atom. The maximum Gasteiger partial charge on any atom is 0.306 e. The number of benzene rings is 2. The van der Waals surface area contributed by atoms with Gasteiger partial charge in [-0.1, -0.05) is 85.0 Å². The Morgan fingerprint density at radius 2 is 0.930 bits per heavy atom. The van der Waals surface area contributed by atoms with Crippen LogP contribution in [0.2, 0.25) is 0 Å². The third kappa shape index (κ3) is 18.3. The monoisotopic (exact) mass is 780 g/mol. The standard InChI is InChI=1S/C47H64N4O6/c1-4-6-8-10-12-14-16-38-33-48-46(49-34-38)40-19-23-42(24-20-40)54-28-30-56-44(52)27-18-37(3)32-45(53)57-31-29-55-43-25-21-41(22-26-43)47-50-35-39(36-51-47)17-15-13-11-9-7-5-2/h19-26,33-37H,4-18,27-32H2,1-3H3/t37-/m1/s1. The molecule has 0 bridgehead atoms. The average molecular weight is 781 g/mol. The van der Waals surface area contributed by atoms with Gasteiger partial charge < -0.3 is 18.9 Å². The molecule has 0 amide bonds. The molecule has 4 rings (SSSR count). The third-order valence-corrected chi connectivity index (χ3v) is 9.86. The van der Waals surface area contributed by atoms with Gasteiger partial charge in [0.25, 0.3) is 0 Å². The van der Waals surface area contributed by atoms with E-state index in [1.54, 1.807) is 0 Å². The van der Waals surface area contributed by atoms with Crippen molar-refractivity contribution in [2.24, 2.45) is 5.92 Å². The molecule has 57 heavy (non-hydrogen) atoms. The highest BCUT2D eigenvalue weighted by molar-refractivity contribution is 5.71. The Bertz CT molecular complexity index is 1680. The van der Waals surface area contributed by atoms with E-state index >= 15 is 0 Å². The van der Waals surface area contributed by atoms with Crippen LogP contribution >= 0.6 is 0 Å². The summed E-state index contributed by atoms with van der Waals surface area (Å²) < 4.78 is 22.2. The minimum atomic E-state index is -0.322. The van der Waals surface area contributed by atoms with Crippen molar-refractivity contribution in [3.63, 3.8) is 0 Å². The van der Waals surface area contributed by atoms with Crippen molar-refractivity contribution in [2.75, 3.05) is 26.4 Å². The molecule has 2 aromatic heterocycles. The van der Waals surface area contributed by atoms with Gasteiger partial charge in [-0.2, -0.15) is 0 Å². The summed E-state index contributed by atoms with van der Waals surface area (Å²) in [4.78, 5) is 42.8. The van der Waals surface area contributed by atoms with Gasteiger partial charge in [0.2, 0.25) is 0 Å². The molecule has 1 atom stereocenters. The summed E-state index contributed by atoms with van der Waals surface area (Å²) in [6, 6.07) is 15.2. The summed E-state index contributed by atoms with van der Waals surface area (Å²) in [6.07, 6.45) is 25.9. The van der Waals surface area contributed by atoms with E-state index in [9.17, 15) is 9.59 Å². The molecular weight excluding hydrogens is 717 g/mol. The predicted octanol–water partition coefficient (Wildman–Crippen LogP) is 10.8. The maximum absolute atomic E-state index is 12.3. The van der Waals surface area contributed by atoms with Crippen LogP contribution in [0.5, 0.6) is 11.5 Å². The van der Waals surface area contributed by atoms with Crippen molar-refractivity contribution in [1.82, 2.24) is 19.9 Å². The van der Waals surface area contributed by atoms with E-state index in [0.29, 0.717) is 29.6 Å². The second-order valence-electron chi connectivity index (χ2n) is 14.9. The van der Waals surface area contributed by atoms with E-state index in [-0.39, 0.29) is 57.1 Å². The van der Waals surface area contributed by atoms with E-state index < -0.39 is 0 Å². The summed E-state index contributed by atoms with van der Waals surface area (Å²) in [6.45, 7) is 7.16. The summed E-state index contributed by atoms with van der Waals surface area (Å²) >= 11 is 0. The molecule has 0 radical (unpaired) electrons. The van der Waals surface area contributed by atoms with Crippen LogP contribution in [0, 0.1) is 5.92 Å². The fourth-order valence-corrected chi connectivity index (χ4v) is 6.40. The number of hydrogen-bond acceptors (Lipinski definition) is 10. The van der Waals surface area contributed by atoms with Gasteiger partial charge in [-0.05, 0) is 97.7 Å². The number of hydrogen-bond donors (Lipinski definition) is 0. The average Bonchev–Trinajstić information content (AvgIpc) is 3.24. The lowest BCUT2D eigenvalue weighted by atomic mass is 10.0. The summed E-state index contributed by atoms with van der Waals surface area (Å²) in [5.41, 5.74) is 4.17. The minimum absolute atomic E-state index is 0.0272. The van der Waals surface area contributed by atoms with E-state index in [2.05, 4.69) is 33.8 Å². The summed E-state index contributed by atoms with van der Waals surface area (Å²) in [5, 5.41) is 0. The van der Waals surface area contributed by atoms with Crippen LogP contribution in [0.25, 0.3) is 22.8 Å². The quantitative estimate of drug-likeness (QED) is 0.0388. The zero-order chi connectivity index (χ0) is 40.3. The van der Waals surface area contributed by atoms with Crippen molar-refractivity contribution < 1.29 is 28.5 Å². The van der Waals surface area contributed by atoms with Crippen LogP contribution in [0.4, 0.5) is 0 Å². The first-order chi connectivity index (χ1) is 27.9. The smallest absolute Gasteiger partial charge is 0.306 e. The highest BCUT2D eigenvalue weighted by Gasteiger charge is 2.14. The number of rotatable bonds is 29. The van der Waals surface area contributed by atoms with Crippen LogP contribution in [0.1, 0.15) is 128 Å². The molecule has 0 unspecified atom stereocenters. The summed E-state index contributed by atoms with van der Waals surface area (Å²) in [7, 11) is 0. The van der Waals surface area contributed by atoms with Crippen LogP contribution in [0.3, 0.4) is 0 Å². The van der Waals surface area contributed by atoms with Crippen LogP contribution in [-0.2, 0) is 31.9 Å². The molecule has 308 valence electrons. The Kier molecular flexibility index (Phi) is 21.2. The normalized spacial score (nSPS) is 11.6. The van der Waals surface area contributed by atoms with Gasteiger partial charge in [0, 0.05) is 48.8 Å². The van der Waals surface area contributed by atoms with Gasteiger partial charge in [0.1, 0.15) is 37.9 Å². The molecule has 0 aliphatic carbocycles. The lowest BCUT2D eigenvalue weighted by Gasteiger charge is -2.12. The van der Waals surface area contributed by atoms with Gasteiger partial charge in [-0.25, -0.2) is 19.9 Å². The fraction of sp³-hybridized carbons (Fsp3) is 0.532. The third-order valence-electron chi connectivity index (χ3n) is 9.86. The molecular formula is C47H64N4O6. The lowest BCUT2D eigenvalue weighted by Crippen LogP contribution is -2.16. The SMILES string of the molecule is CCCCCCCCc1cnc(-c2ccc(OCCOC(=O)CC[C@@H](C)CC(=O)OCCOc3ccc(-c4ncc(CCCCCCCC)cn4)cc3)cc2)nc1. The first kappa shape index (κ1) is 44.8. The van der Waals surface area contributed by atoms with E-state index in [0.717, 1.165) is 24.0 Å². The number of ether oxygens (including phenoxy) is 4. The Hall–Kier alpha value is -4.86. The Labute approximate surface area is 340 Å². The van der Waals surface area contributed by atoms with Gasteiger partial charge in [0.15, 0.2) is 11.6 Å². The van der Waals surface area contributed by atoms with Crippen molar-refractivity contribution in [3.8, 4) is 34.3 Å². The first-order valence-corrected chi connectivity index (χ1v) is 21.3. The molecule has 0 saturated heterocycles. The predicted molar refractivity (Wildman–Crippen MR) is 225 cm³/mol. The second kappa shape index (κ2) is 26.9. The van der Waals surface area contributed by atoms with Crippen LogP contribution in [-0.4, -0.2) is 58.3 Å². The molecule has 10 nitrogen and oxygen atoms in total. The second-order valence-corrected chi connectivity index (χ2v) is 14.9. The molecule has 0 aliphatic rings. The fourth-order valence-electron chi connectivity index (χ4n) is 6.40. The highest BCUT2D eigenvalue weighted by atomic mass is 16.6. The van der Waals surface area contributed by atoms with Gasteiger partial charge in [-0.3, -0.25) is 9.59 Å². The van der Waals surface area contributed by atoms with Crippen molar-refractivity contribution in [2.45, 2.75) is 130 Å². The van der Waals surface area contributed by atoms with E-state index in [1.165, 1.54) is 88.2 Å². The molecule has 0 fully saturated rings. The van der Waals surface area contributed by atoms with Crippen molar-refractivity contribution in [1.29, 1.82) is 0 Å². The Balaban J connectivity index is 1.01. The largest absolute Gasteiger partial charge is 0.490 e. The number of aryl methyl sites for hydroxylation is 2. The number of carbonyl (C=O) groups excluding carboxylic acids is 2. The van der Waals surface area contributed by atoms with Crippen LogP contribution < -0.4 is 9.47 Å². The van der Waals surface area contributed by atoms with Crippen molar-refractivity contribution >= 4 is 11.9 Å². The molecule has 0 spiro atoms. The zero-order valence-electron chi connectivity index (χ0n) is 34.6. The number of unbranched alkanes of at least 4 members (excludes halogenated alkanes) is 10. The zero-order valence-corrected chi connectivity index (χ0v) is 34.6. The topological polar surface area (TPSA) is 123 Å². The highest BCUT2D eigenvalue weighted by Crippen LogP contribution is 2.22. The Morgan fingerprint density at radius 1 is 0.526 bits per heavy atom.